The summed E-state index contributed by atoms with van der Waals surface area (Å²) in [6, 6.07) is -0.150. The number of nitrogens with one attached hydrogen (secondary N) is 1. The van der Waals surface area contributed by atoms with E-state index in [4.69, 9.17) is 5.11 Å². The smallest absolute Gasteiger partial charge is 0.317 e. The fraction of sp³-hybridized carbons (Fsp3) is 0.857. The van der Waals surface area contributed by atoms with Crippen molar-refractivity contribution in [3.8, 4) is 0 Å². The fourth-order valence-corrected chi connectivity index (χ4v) is 2.32. The van der Waals surface area contributed by atoms with Crippen molar-refractivity contribution < 1.29 is 14.7 Å². The van der Waals surface area contributed by atoms with Gasteiger partial charge in [0.1, 0.15) is 0 Å². The van der Waals surface area contributed by atoms with E-state index in [9.17, 15) is 9.59 Å². The predicted molar refractivity (Wildman–Crippen MR) is 77.7 cm³/mol. The number of likely N-dealkylation sites (tertiary alicyclic amines) is 1. The number of carbonyl (C=O) groups excluding carboxylic acids is 1. The van der Waals surface area contributed by atoms with Crippen LogP contribution in [0.3, 0.4) is 0 Å². The molecule has 0 aliphatic carbocycles. The van der Waals surface area contributed by atoms with Crippen LogP contribution in [0, 0.1) is 11.3 Å². The zero-order valence-corrected chi connectivity index (χ0v) is 13.0. The van der Waals surface area contributed by atoms with Crippen LogP contribution >= 0.6 is 0 Å². The average Bonchev–Trinajstić information content (AvgIpc) is 2.36. The maximum atomic E-state index is 12.0. The van der Waals surface area contributed by atoms with Gasteiger partial charge in [-0.05, 0) is 46.7 Å². The zero-order chi connectivity index (χ0) is 15.3. The summed E-state index contributed by atoms with van der Waals surface area (Å²) in [4.78, 5) is 27.0. The Bertz CT molecular complexity index is 348. The van der Waals surface area contributed by atoms with Crippen LogP contribution in [0.4, 0.5) is 4.79 Å². The van der Waals surface area contributed by atoms with Gasteiger partial charge in [-0.15, -0.1) is 0 Å². The number of carboxylic acid groups (broad SMARTS) is 1. The number of urea groups is 1. The van der Waals surface area contributed by atoms with E-state index in [-0.39, 0.29) is 12.6 Å². The number of piperidine rings is 1. The van der Waals surface area contributed by atoms with E-state index in [0.29, 0.717) is 5.92 Å². The van der Waals surface area contributed by atoms with Crippen molar-refractivity contribution in [2.75, 3.05) is 40.3 Å². The van der Waals surface area contributed by atoms with E-state index in [0.717, 1.165) is 32.5 Å². The van der Waals surface area contributed by atoms with Gasteiger partial charge >= 0.3 is 12.0 Å². The van der Waals surface area contributed by atoms with Gasteiger partial charge in [-0.3, -0.25) is 4.79 Å². The van der Waals surface area contributed by atoms with E-state index in [2.05, 4.69) is 24.3 Å². The predicted octanol–water partition coefficient (Wildman–Crippen LogP) is 1.08. The molecule has 0 bridgehead atoms. The second kappa shape index (κ2) is 6.92. The highest BCUT2D eigenvalue weighted by Gasteiger charge is 2.29. The van der Waals surface area contributed by atoms with Crippen LogP contribution in [0.25, 0.3) is 0 Å². The number of carboxylic acids is 1. The van der Waals surface area contributed by atoms with E-state index in [1.54, 1.807) is 18.7 Å². The molecule has 1 saturated heterocycles. The summed E-state index contributed by atoms with van der Waals surface area (Å²) < 4.78 is 0. The Balaban J connectivity index is 2.34. The van der Waals surface area contributed by atoms with Gasteiger partial charge in [0.2, 0.25) is 0 Å². The molecule has 0 aromatic carbocycles. The largest absolute Gasteiger partial charge is 0.481 e. The van der Waals surface area contributed by atoms with Gasteiger partial charge in [-0.25, -0.2) is 4.79 Å². The van der Waals surface area contributed by atoms with Gasteiger partial charge in [0.15, 0.2) is 0 Å². The van der Waals surface area contributed by atoms with Crippen LogP contribution in [0.1, 0.15) is 26.7 Å². The van der Waals surface area contributed by atoms with Crippen LogP contribution in [0.5, 0.6) is 0 Å². The molecule has 1 heterocycles. The maximum Gasteiger partial charge on any atom is 0.317 e. The molecule has 1 rings (SSSR count). The Morgan fingerprint density at radius 2 is 1.85 bits per heavy atom. The number of rotatable bonds is 5. The molecule has 6 nitrogen and oxygen atoms in total. The topological polar surface area (TPSA) is 72.9 Å². The van der Waals surface area contributed by atoms with Gasteiger partial charge in [-0.2, -0.15) is 0 Å². The lowest BCUT2D eigenvalue weighted by Gasteiger charge is -2.33. The monoisotopic (exact) mass is 285 g/mol. The van der Waals surface area contributed by atoms with Crippen LogP contribution in [0.2, 0.25) is 0 Å². The maximum absolute atomic E-state index is 12.0. The first kappa shape index (κ1) is 16.8. The van der Waals surface area contributed by atoms with Crippen LogP contribution in [-0.2, 0) is 4.79 Å². The first-order valence-corrected chi connectivity index (χ1v) is 7.13. The number of aliphatic carboxylic acids is 1. The summed E-state index contributed by atoms with van der Waals surface area (Å²) in [5.41, 5.74) is -0.932. The van der Waals surface area contributed by atoms with Crippen molar-refractivity contribution in [3.63, 3.8) is 0 Å². The molecule has 0 aromatic heterocycles. The minimum absolute atomic E-state index is 0.150. The lowest BCUT2D eigenvalue weighted by molar-refractivity contribution is -0.146. The quantitative estimate of drug-likeness (QED) is 0.793. The molecular formula is C14H27N3O3. The van der Waals surface area contributed by atoms with E-state index in [1.807, 2.05) is 0 Å². The number of hydrogen-bond acceptors (Lipinski definition) is 3. The van der Waals surface area contributed by atoms with Gasteiger partial charge in [0.25, 0.3) is 0 Å². The molecule has 1 fully saturated rings. The van der Waals surface area contributed by atoms with Gasteiger partial charge < -0.3 is 20.2 Å². The van der Waals surface area contributed by atoms with Crippen molar-refractivity contribution in [2.24, 2.45) is 11.3 Å². The second-order valence-electron chi connectivity index (χ2n) is 6.54. The highest BCUT2D eigenvalue weighted by atomic mass is 16.4. The van der Waals surface area contributed by atoms with Crippen LogP contribution in [0.15, 0.2) is 0 Å². The standard InChI is InChI=1S/C14H27N3O3/c1-14(2,12(18)19)10-15-13(20)17-7-5-11(6-8-17)9-16(3)4/h11H,5-10H2,1-4H3,(H,15,20)(H,18,19). The molecule has 116 valence electrons. The summed E-state index contributed by atoms with van der Waals surface area (Å²) in [5.74, 6) is -0.257. The summed E-state index contributed by atoms with van der Waals surface area (Å²) in [6.07, 6.45) is 2.02. The van der Waals surface area contributed by atoms with Gasteiger partial charge in [-0.1, -0.05) is 0 Å². The summed E-state index contributed by atoms with van der Waals surface area (Å²) in [7, 11) is 4.13. The molecule has 0 saturated carbocycles. The molecule has 2 amide bonds. The normalized spacial score (nSPS) is 17.4. The lowest BCUT2D eigenvalue weighted by Crippen LogP contribution is -2.48. The molecule has 20 heavy (non-hydrogen) atoms. The molecule has 0 unspecified atom stereocenters. The molecule has 0 spiro atoms. The average molecular weight is 285 g/mol. The Kier molecular flexibility index (Phi) is 5.80. The van der Waals surface area contributed by atoms with Crippen molar-refractivity contribution in [2.45, 2.75) is 26.7 Å². The Morgan fingerprint density at radius 3 is 2.30 bits per heavy atom. The summed E-state index contributed by atoms with van der Waals surface area (Å²) in [5, 5.41) is 11.7. The summed E-state index contributed by atoms with van der Waals surface area (Å²) >= 11 is 0. The first-order valence-electron chi connectivity index (χ1n) is 7.13. The van der Waals surface area contributed by atoms with Crippen molar-refractivity contribution in [3.05, 3.63) is 0 Å². The molecule has 0 aromatic rings. The number of hydrogen-bond donors (Lipinski definition) is 2. The molecule has 1 aliphatic rings. The zero-order valence-electron chi connectivity index (χ0n) is 13.0. The molecule has 2 N–H and O–H groups in total. The van der Waals surface area contributed by atoms with Crippen LogP contribution < -0.4 is 5.32 Å². The number of amides is 2. The molecule has 6 heteroatoms. The lowest BCUT2D eigenvalue weighted by atomic mass is 9.94. The van der Waals surface area contributed by atoms with E-state index < -0.39 is 11.4 Å². The first-order chi connectivity index (χ1) is 9.22. The fourth-order valence-electron chi connectivity index (χ4n) is 2.32. The minimum atomic E-state index is -0.932. The molecule has 0 atom stereocenters. The van der Waals surface area contributed by atoms with Gasteiger partial charge in [0, 0.05) is 26.2 Å². The molecular weight excluding hydrogens is 258 g/mol. The van der Waals surface area contributed by atoms with Crippen molar-refractivity contribution in [1.82, 2.24) is 15.1 Å². The van der Waals surface area contributed by atoms with Crippen LogP contribution in [-0.4, -0.2) is 67.2 Å². The number of carbonyl (C=O) groups is 2. The van der Waals surface area contributed by atoms with E-state index in [1.165, 1.54) is 0 Å². The van der Waals surface area contributed by atoms with Crippen molar-refractivity contribution >= 4 is 12.0 Å². The molecule has 0 radical (unpaired) electrons. The van der Waals surface area contributed by atoms with Crippen molar-refractivity contribution in [1.29, 1.82) is 0 Å². The second-order valence-corrected chi connectivity index (χ2v) is 6.54. The minimum Gasteiger partial charge on any atom is -0.481 e. The third-order valence-corrected chi connectivity index (χ3v) is 3.79. The molecule has 1 aliphatic heterocycles. The third kappa shape index (κ3) is 5.00. The number of nitrogens with zero attached hydrogens (tertiary/aromatic N) is 2. The highest BCUT2D eigenvalue weighted by molar-refractivity contribution is 5.77. The Labute approximate surface area is 121 Å². The Hall–Kier alpha value is -1.30. The highest BCUT2D eigenvalue weighted by Crippen LogP contribution is 2.18. The third-order valence-electron chi connectivity index (χ3n) is 3.79. The van der Waals surface area contributed by atoms with Gasteiger partial charge in [0.05, 0.1) is 5.41 Å². The SMILES string of the molecule is CN(C)CC1CCN(C(=O)NCC(C)(C)C(=O)O)CC1. The van der Waals surface area contributed by atoms with E-state index >= 15 is 0 Å². The Morgan fingerprint density at radius 1 is 1.30 bits per heavy atom. The summed E-state index contributed by atoms with van der Waals surface area (Å²) in [6.45, 7) is 5.92.